The van der Waals surface area contributed by atoms with Gasteiger partial charge in [-0.05, 0) is 31.2 Å². The number of aromatic nitrogens is 1. The molecule has 0 radical (unpaired) electrons. The second kappa shape index (κ2) is 5.85. The molecule has 0 spiro atoms. The van der Waals surface area contributed by atoms with Crippen LogP contribution < -0.4 is 16.6 Å². The van der Waals surface area contributed by atoms with Gasteiger partial charge in [0.2, 0.25) is 0 Å². The molecule has 5 nitrogen and oxygen atoms in total. The van der Waals surface area contributed by atoms with E-state index in [1.807, 2.05) is 17.8 Å². The molecule has 0 aromatic carbocycles. The van der Waals surface area contributed by atoms with Gasteiger partial charge in [-0.25, -0.2) is 10.8 Å². The fraction of sp³-hybridized carbons (Fsp3) is 0.600. The summed E-state index contributed by atoms with van der Waals surface area (Å²) >= 11 is 1.83. The number of amides is 1. The molecule has 0 aliphatic heterocycles. The molecule has 2 rings (SSSR count). The summed E-state index contributed by atoms with van der Waals surface area (Å²) in [5, 5.41) is 3.03. The predicted molar refractivity (Wildman–Crippen MR) is 88.6 cm³/mol. The average Bonchev–Trinajstić information content (AvgIpc) is 3.24. The predicted octanol–water partition coefficient (Wildman–Crippen LogP) is 2.29. The summed E-state index contributed by atoms with van der Waals surface area (Å²) in [6, 6.07) is 3.53. The first-order valence-corrected chi connectivity index (χ1v) is 8.35. The molecule has 21 heavy (non-hydrogen) atoms. The van der Waals surface area contributed by atoms with Crippen LogP contribution in [0.5, 0.6) is 0 Å². The van der Waals surface area contributed by atoms with Crippen molar-refractivity contribution in [2.45, 2.75) is 43.8 Å². The van der Waals surface area contributed by atoms with Crippen LogP contribution in [0.2, 0.25) is 0 Å². The molecule has 116 valence electrons. The molecule has 1 aliphatic carbocycles. The van der Waals surface area contributed by atoms with Crippen LogP contribution >= 0.6 is 11.8 Å². The lowest BCUT2D eigenvalue weighted by Gasteiger charge is -2.20. The first kappa shape index (κ1) is 16.1. The number of nitrogen functional groups attached to an aromatic ring is 1. The zero-order chi connectivity index (χ0) is 15.7. The van der Waals surface area contributed by atoms with Gasteiger partial charge in [0.1, 0.15) is 5.82 Å². The van der Waals surface area contributed by atoms with Crippen LogP contribution in [-0.2, 0) is 5.41 Å². The van der Waals surface area contributed by atoms with E-state index in [0.29, 0.717) is 17.9 Å². The number of nitrogens with zero attached hydrogens (tertiary/aromatic N) is 1. The number of thioether (sulfide) groups is 1. The lowest BCUT2D eigenvalue weighted by Crippen LogP contribution is -2.32. The van der Waals surface area contributed by atoms with E-state index in [4.69, 9.17) is 5.84 Å². The summed E-state index contributed by atoms with van der Waals surface area (Å²) in [4.78, 5) is 16.8. The van der Waals surface area contributed by atoms with Gasteiger partial charge >= 0.3 is 0 Å². The number of carbonyl (C=O) groups excluding carboxylic acids is 1. The summed E-state index contributed by atoms with van der Waals surface area (Å²) < 4.78 is 0.254. The van der Waals surface area contributed by atoms with Crippen LogP contribution in [-0.4, -0.2) is 28.4 Å². The Hall–Kier alpha value is -1.27. The minimum Gasteiger partial charge on any atom is -0.351 e. The number of carbonyl (C=O) groups is 1. The molecule has 0 atom stereocenters. The summed E-state index contributed by atoms with van der Waals surface area (Å²) in [7, 11) is 0. The van der Waals surface area contributed by atoms with Gasteiger partial charge in [0.05, 0.1) is 0 Å². The quantitative estimate of drug-likeness (QED) is 0.574. The molecular formula is C15H24N4OS. The Labute approximate surface area is 130 Å². The smallest absolute Gasteiger partial charge is 0.251 e. The molecule has 1 fully saturated rings. The molecule has 1 saturated carbocycles. The van der Waals surface area contributed by atoms with Crippen LogP contribution in [0.3, 0.4) is 0 Å². The molecule has 0 saturated heterocycles. The van der Waals surface area contributed by atoms with Crippen LogP contribution in [0, 0.1) is 0 Å². The lowest BCUT2D eigenvalue weighted by atomic mass is 9.90. The van der Waals surface area contributed by atoms with Crippen molar-refractivity contribution in [1.82, 2.24) is 10.3 Å². The van der Waals surface area contributed by atoms with E-state index in [9.17, 15) is 4.79 Å². The number of hydrazine groups is 1. The standard InChI is InChI=1S/C15H24N4OS/c1-14(2,3)11-7-10(8-12(18-11)19-16)13(20)17-9-15(21-4)5-6-15/h7-8H,5-6,9,16H2,1-4H3,(H,17,20)(H,18,19). The monoisotopic (exact) mass is 308 g/mol. The fourth-order valence-corrected chi connectivity index (χ4v) is 2.78. The third-order valence-electron chi connectivity index (χ3n) is 3.82. The molecule has 1 aromatic heterocycles. The second-order valence-corrected chi connectivity index (χ2v) is 7.86. The Morgan fingerprint density at radius 2 is 2.10 bits per heavy atom. The Morgan fingerprint density at radius 1 is 1.43 bits per heavy atom. The van der Waals surface area contributed by atoms with Gasteiger partial charge in [-0.2, -0.15) is 11.8 Å². The maximum Gasteiger partial charge on any atom is 0.251 e. The topological polar surface area (TPSA) is 80.0 Å². The lowest BCUT2D eigenvalue weighted by molar-refractivity contribution is 0.0953. The SMILES string of the molecule is CSC1(CNC(=O)c2cc(NN)nc(C(C)(C)C)c2)CC1. The maximum absolute atomic E-state index is 12.4. The van der Waals surface area contributed by atoms with E-state index in [1.54, 1.807) is 6.07 Å². The number of nitrogens with two attached hydrogens (primary N) is 1. The summed E-state index contributed by atoms with van der Waals surface area (Å²) in [6.45, 7) is 6.89. The van der Waals surface area contributed by atoms with E-state index >= 15 is 0 Å². The van der Waals surface area contributed by atoms with Crippen molar-refractivity contribution >= 4 is 23.5 Å². The molecule has 4 N–H and O–H groups in total. The second-order valence-electron chi connectivity index (χ2n) is 6.59. The molecular weight excluding hydrogens is 284 g/mol. The van der Waals surface area contributed by atoms with Gasteiger partial charge in [-0.1, -0.05) is 20.8 Å². The Balaban J connectivity index is 2.16. The highest BCUT2D eigenvalue weighted by molar-refractivity contribution is 8.00. The Morgan fingerprint density at radius 3 is 2.57 bits per heavy atom. The van der Waals surface area contributed by atoms with Crippen LogP contribution in [0.25, 0.3) is 0 Å². The maximum atomic E-state index is 12.4. The number of anilines is 1. The van der Waals surface area contributed by atoms with Gasteiger partial charge in [-0.15, -0.1) is 0 Å². The van der Waals surface area contributed by atoms with Crippen molar-refractivity contribution in [2.24, 2.45) is 5.84 Å². The van der Waals surface area contributed by atoms with Crippen LogP contribution in [0.4, 0.5) is 5.82 Å². The Bertz CT molecular complexity index is 535. The van der Waals surface area contributed by atoms with Crippen LogP contribution in [0.15, 0.2) is 12.1 Å². The van der Waals surface area contributed by atoms with E-state index in [1.165, 1.54) is 12.8 Å². The number of rotatable bonds is 5. The van der Waals surface area contributed by atoms with Gasteiger partial charge in [0.15, 0.2) is 0 Å². The average molecular weight is 308 g/mol. The highest BCUT2D eigenvalue weighted by Gasteiger charge is 2.42. The van der Waals surface area contributed by atoms with E-state index in [-0.39, 0.29) is 16.1 Å². The zero-order valence-corrected chi connectivity index (χ0v) is 13.9. The third-order valence-corrected chi connectivity index (χ3v) is 5.23. The largest absolute Gasteiger partial charge is 0.351 e. The van der Waals surface area contributed by atoms with Gasteiger partial charge < -0.3 is 10.7 Å². The molecule has 0 bridgehead atoms. The highest BCUT2D eigenvalue weighted by atomic mass is 32.2. The Kier molecular flexibility index (Phi) is 4.49. The number of nitrogens with one attached hydrogen (secondary N) is 2. The zero-order valence-electron chi connectivity index (χ0n) is 13.1. The van der Waals surface area contributed by atoms with E-state index < -0.39 is 0 Å². The number of hydrogen-bond donors (Lipinski definition) is 3. The molecule has 0 unspecified atom stereocenters. The van der Waals surface area contributed by atoms with Crippen molar-refractivity contribution < 1.29 is 4.79 Å². The van der Waals surface area contributed by atoms with Crippen molar-refractivity contribution in [2.75, 3.05) is 18.2 Å². The minimum absolute atomic E-state index is 0.0697. The first-order chi connectivity index (χ1) is 9.79. The van der Waals surface area contributed by atoms with Crippen molar-refractivity contribution in [1.29, 1.82) is 0 Å². The number of pyridine rings is 1. The van der Waals surface area contributed by atoms with E-state index in [2.05, 4.69) is 42.8 Å². The molecule has 1 heterocycles. The fourth-order valence-electron chi connectivity index (χ4n) is 2.06. The van der Waals surface area contributed by atoms with Crippen molar-refractivity contribution in [3.8, 4) is 0 Å². The van der Waals surface area contributed by atoms with Gasteiger partial charge in [-0.3, -0.25) is 4.79 Å². The van der Waals surface area contributed by atoms with E-state index in [0.717, 1.165) is 5.69 Å². The van der Waals surface area contributed by atoms with Crippen molar-refractivity contribution in [3.63, 3.8) is 0 Å². The molecule has 6 heteroatoms. The van der Waals surface area contributed by atoms with Crippen LogP contribution in [0.1, 0.15) is 49.7 Å². The summed E-state index contributed by atoms with van der Waals surface area (Å²) in [5.74, 6) is 5.90. The summed E-state index contributed by atoms with van der Waals surface area (Å²) in [6.07, 6.45) is 4.45. The normalized spacial score (nSPS) is 16.4. The minimum atomic E-state index is -0.140. The molecule has 1 amide bonds. The number of hydrogen-bond acceptors (Lipinski definition) is 5. The first-order valence-electron chi connectivity index (χ1n) is 7.12. The highest BCUT2D eigenvalue weighted by Crippen LogP contribution is 2.46. The summed E-state index contributed by atoms with van der Waals surface area (Å²) in [5.41, 5.74) is 3.83. The van der Waals surface area contributed by atoms with Gasteiger partial charge in [0.25, 0.3) is 5.91 Å². The van der Waals surface area contributed by atoms with Gasteiger partial charge in [0, 0.05) is 28.0 Å². The van der Waals surface area contributed by atoms with Crippen molar-refractivity contribution in [3.05, 3.63) is 23.4 Å². The molecule has 1 aliphatic rings. The molecule has 1 aromatic rings. The third kappa shape index (κ3) is 3.89.